The van der Waals surface area contributed by atoms with Crippen LogP contribution >= 0.6 is 0 Å². The summed E-state index contributed by atoms with van der Waals surface area (Å²) in [7, 11) is 0. The molecule has 0 aromatic carbocycles. The van der Waals surface area contributed by atoms with Crippen molar-refractivity contribution in [1.82, 2.24) is 10.2 Å². The van der Waals surface area contributed by atoms with Crippen LogP contribution in [-0.4, -0.2) is 35.3 Å². The van der Waals surface area contributed by atoms with Gasteiger partial charge >= 0.3 is 0 Å². The summed E-state index contributed by atoms with van der Waals surface area (Å²) in [5.41, 5.74) is 0.228. The number of nitrogens with zero attached hydrogens (tertiary/aromatic N) is 1. The van der Waals surface area contributed by atoms with Gasteiger partial charge in [0, 0.05) is 6.54 Å². The molecule has 0 radical (unpaired) electrons. The Kier molecular flexibility index (Phi) is 2.52. The predicted molar refractivity (Wildman–Crippen MR) is 60.7 cm³/mol. The monoisotopic (exact) mass is 222 g/mol. The van der Waals surface area contributed by atoms with E-state index in [1.807, 2.05) is 13.8 Å². The lowest BCUT2D eigenvalue weighted by Gasteiger charge is -2.40. The molecule has 1 N–H and O–H groups in total. The van der Waals surface area contributed by atoms with Crippen LogP contribution in [0, 0.1) is 5.92 Å². The van der Waals surface area contributed by atoms with Crippen molar-refractivity contribution in [3.8, 4) is 0 Å². The highest BCUT2D eigenvalue weighted by Crippen LogP contribution is 2.41. The molecule has 2 amide bonds. The van der Waals surface area contributed by atoms with Gasteiger partial charge in [0.2, 0.25) is 11.8 Å². The summed E-state index contributed by atoms with van der Waals surface area (Å²) >= 11 is 0. The first-order chi connectivity index (χ1) is 7.43. The summed E-state index contributed by atoms with van der Waals surface area (Å²) < 4.78 is 0. The zero-order valence-corrected chi connectivity index (χ0v) is 9.88. The third-order valence-electron chi connectivity index (χ3n) is 3.32. The van der Waals surface area contributed by atoms with Crippen LogP contribution < -0.4 is 5.32 Å². The molecule has 2 rings (SSSR count). The van der Waals surface area contributed by atoms with Gasteiger partial charge in [-0.1, -0.05) is 12.2 Å². The maximum atomic E-state index is 12.3. The Bertz CT molecular complexity index is 358. The summed E-state index contributed by atoms with van der Waals surface area (Å²) in [6.07, 6.45) is 2.06. The van der Waals surface area contributed by atoms with E-state index in [4.69, 9.17) is 0 Å². The molecule has 2 aliphatic rings. The molecule has 1 aliphatic heterocycles. The number of carbonyl (C=O) groups excluding carboxylic acids is 2. The summed E-state index contributed by atoms with van der Waals surface area (Å²) in [6, 6.07) is 0. The zero-order chi connectivity index (χ0) is 11.9. The highest BCUT2D eigenvalue weighted by atomic mass is 16.2. The van der Waals surface area contributed by atoms with E-state index in [1.54, 1.807) is 4.90 Å². The van der Waals surface area contributed by atoms with Crippen LogP contribution in [-0.2, 0) is 9.59 Å². The summed E-state index contributed by atoms with van der Waals surface area (Å²) in [5, 5.41) is 2.85. The van der Waals surface area contributed by atoms with Crippen molar-refractivity contribution in [2.24, 2.45) is 5.92 Å². The molecule has 1 aliphatic carbocycles. The molecule has 1 saturated carbocycles. The van der Waals surface area contributed by atoms with Gasteiger partial charge in [0.15, 0.2) is 0 Å². The van der Waals surface area contributed by atoms with E-state index in [9.17, 15) is 9.59 Å². The zero-order valence-electron chi connectivity index (χ0n) is 9.88. The molecule has 1 atom stereocenters. The summed E-state index contributed by atoms with van der Waals surface area (Å²) in [4.78, 5) is 25.5. The van der Waals surface area contributed by atoms with E-state index in [-0.39, 0.29) is 18.4 Å². The lowest BCUT2D eigenvalue weighted by atomic mass is 9.91. The quantitative estimate of drug-likeness (QED) is 0.714. The van der Waals surface area contributed by atoms with Gasteiger partial charge in [-0.25, -0.2) is 0 Å². The Hall–Kier alpha value is -1.32. The van der Waals surface area contributed by atoms with Gasteiger partial charge in [0.05, 0.1) is 6.54 Å². The number of hydrogen-bond acceptors (Lipinski definition) is 2. The fourth-order valence-corrected chi connectivity index (χ4v) is 2.35. The van der Waals surface area contributed by atoms with E-state index >= 15 is 0 Å². The molecule has 0 aromatic heterocycles. The van der Waals surface area contributed by atoms with Crippen molar-refractivity contribution in [3.63, 3.8) is 0 Å². The average molecular weight is 222 g/mol. The van der Waals surface area contributed by atoms with Crippen LogP contribution in [0.4, 0.5) is 0 Å². The maximum absolute atomic E-state index is 12.3. The topological polar surface area (TPSA) is 49.4 Å². The highest BCUT2D eigenvalue weighted by molar-refractivity contribution is 5.98. The highest BCUT2D eigenvalue weighted by Gasteiger charge is 2.52. The Balaban J connectivity index is 2.18. The molecule has 16 heavy (non-hydrogen) atoms. The Morgan fingerprint density at radius 2 is 2.19 bits per heavy atom. The molecule has 1 saturated heterocycles. The number of amides is 2. The van der Waals surface area contributed by atoms with Crippen LogP contribution in [0.5, 0.6) is 0 Å². The van der Waals surface area contributed by atoms with Crippen molar-refractivity contribution in [3.05, 3.63) is 12.2 Å². The van der Waals surface area contributed by atoms with Crippen molar-refractivity contribution in [1.29, 1.82) is 0 Å². The lowest BCUT2D eigenvalue weighted by molar-refractivity contribution is -0.149. The molecule has 0 bridgehead atoms. The Morgan fingerprint density at radius 3 is 2.69 bits per heavy atom. The molecular formula is C12H18N2O2. The Morgan fingerprint density at radius 1 is 1.56 bits per heavy atom. The third kappa shape index (κ3) is 1.84. The second-order valence-electron chi connectivity index (χ2n) is 5.14. The van der Waals surface area contributed by atoms with Crippen molar-refractivity contribution in [2.75, 3.05) is 13.1 Å². The number of nitrogens with one attached hydrogen (secondary N) is 1. The molecule has 0 spiro atoms. The number of piperazine rings is 1. The van der Waals surface area contributed by atoms with Crippen LogP contribution in [0.15, 0.2) is 12.2 Å². The summed E-state index contributed by atoms with van der Waals surface area (Å²) in [5.74, 6) is 0.296. The smallest absolute Gasteiger partial charge is 0.249 e. The first-order valence-corrected chi connectivity index (χ1v) is 5.68. The molecule has 1 unspecified atom stereocenters. The minimum absolute atomic E-state index is 0.0394. The predicted octanol–water partition coefficient (Wildman–Crippen LogP) is 0.690. The molecular weight excluding hydrogens is 204 g/mol. The van der Waals surface area contributed by atoms with Crippen molar-refractivity contribution in [2.45, 2.75) is 32.2 Å². The molecule has 88 valence electrons. The molecule has 0 aromatic rings. The first kappa shape index (κ1) is 11.2. The second kappa shape index (κ2) is 3.61. The number of rotatable bonds is 3. The van der Waals surface area contributed by atoms with Crippen molar-refractivity contribution >= 4 is 11.8 Å². The minimum Gasteiger partial charge on any atom is -0.340 e. The van der Waals surface area contributed by atoms with Crippen LogP contribution in [0.1, 0.15) is 26.7 Å². The van der Waals surface area contributed by atoms with E-state index in [2.05, 4.69) is 11.9 Å². The molecule has 2 fully saturated rings. The van der Waals surface area contributed by atoms with E-state index < -0.39 is 5.54 Å². The van der Waals surface area contributed by atoms with Crippen molar-refractivity contribution < 1.29 is 9.59 Å². The van der Waals surface area contributed by atoms with E-state index in [0.717, 1.165) is 18.4 Å². The van der Waals surface area contributed by atoms with Crippen LogP contribution in [0.2, 0.25) is 0 Å². The van der Waals surface area contributed by atoms with Gasteiger partial charge < -0.3 is 10.2 Å². The van der Waals surface area contributed by atoms with Crippen LogP contribution in [0.3, 0.4) is 0 Å². The minimum atomic E-state index is -0.676. The van der Waals surface area contributed by atoms with Crippen LogP contribution in [0.25, 0.3) is 0 Å². The van der Waals surface area contributed by atoms with Gasteiger partial charge in [0.25, 0.3) is 0 Å². The fourth-order valence-electron chi connectivity index (χ4n) is 2.35. The molecule has 4 heteroatoms. The van der Waals surface area contributed by atoms with E-state index in [1.165, 1.54) is 0 Å². The van der Waals surface area contributed by atoms with Gasteiger partial charge in [-0.15, -0.1) is 0 Å². The van der Waals surface area contributed by atoms with E-state index in [0.29, 0.717) is 12.5 Å². The number of hydrogen-bond donors (Lipinski definition) is 1. The summed E-state index contributed by atoms with van der Waals surface area (Å²) in [6.45, 7) is 8.14. The lowest BCUT2D eigenvalue weighted by Crippen LogP contribution is -2.66. The molecule has 1 heterocycles. The average Bonchev–Trinajstić information content (AvgIpc) is 2.95. The van der Waals surface area contributed by atoms with Gasteiger partial charge in [-0.2, -0.15) is 0 Å². The number of carbonyl (C=O) groups is 2. The Labute approximate surface area is 95.7 Å². The van der Waals surface area contributed by atoms with Gasteiger partial charge in [-0.3, -0.25) is 9.59 Å². The second-order valence-corrected chi connectivity index (χ2v) is 5.14. The first-order valence-electron chi connectivity index (χ1n) is 5.68. The van der Waals surface area contributed by atoms with Gasteiger partial charge in [0.1, 0.15) is 5.54 Å². The normalized spacial score (nSPS) is 30.2. The SMILES string of the molecule is C=C(C)CN1CC(=O)NC(C)(C2CC2)C1=O. The maximum Gasteiger partial charge on any atom is 0.249 e. The standard InChI is InChI=1S/C12H18N2O2/c1-8(2)6-14-7-10(15)13-12(3,11(14)16)9-4-5-9/h9H,1,4-7H2,2-3H3,(H,13,15). The largest absolute Gasteiger partial charge is 0.340 e. The van der Waals surface area contributed by atoms with Gasteiger partial charge in [-0.05, 0) is 32.6 Å². The fraction of sp³-hybridized carbons (Fsp3) is 0.667. The third-order valence-corrected chi connectivity index (χ3v) is 3.32. The molecule has 4 nitrogen and oxygen atoms in total.